The number of carbonyl (C=O) groups is 3. The van der Waals surface area contributed by atoms with Crippen molar-refractivity contribution >= 4 is 17.8 Å². The number of hydrogen-bond acceptors (Lipinski definition) is 5. The second-order valence-corrected chi connectivity index (χ2v) is 5.80. The van der Waals surface area contributed by atoms with Crippen molar-refractivity contribution in [2.45, 2.75) is 39.7 Å². The van der Waals surface area contributed by atoms with E-state index in [4.69, 9.17) is 9.47 Å². The van der Waals surface area contributed by atoms with Gasteiger partial charge in [0.25, 0.3) is 5.91 Å². The minimum absolute atomic E-state index is 0.00356. The topological polar surface area (TPSA) is 93.7 Å². The van der Waals surface area contributed by atoms with E-state index in [9.17, 15) is 14.4 Å². The monoisotopic (exact) mass is 350 g/mol. The van der Waals surface area contributed by atoms with E-state index in [-0.39, 0.29) is 18.5 Å². The molecule has 0 fully saturated rings. The Hall–Kier alpha value is -2.57. The zero-order valence-corrected chi connectivity index (χ0v) is 15.0. The zero-order chi connectivity index (χ0) is 18.7. The van der Waals surface area contributed by atoms with Gasteiger partial charge in [-0.25, -0.2) is 4.79 Å². The average Bonchev–Trinajstić information content (AvgIpc) is 2.58. The standard InChI is InChI=1S/C18H26N2O5/c1-4-5-10-24-15-8-6-14(7-9-15)18(23)25-12-17(22)19-11-16(21)20-13(2)3/h6-9,13H,4-5,10-12H2,1-3H3,(H,19,22)(H,20,21). The fourth-order valence-corrected chi connectivity index (χ4v) is 1.84. The molecule has 0 radical (unpaired) electrons. The van der Waals surface area contributed by atoms with E-state index in [2.05, 4.69) is 17.6 Å². The first-order valence-electron chi connectivity index (χ1n) is 8.38. The molecule has 0 aromatic heterocycles. The summed E-state index contributed by atoms with van der Waals surface area (Å²) in [5.41, 5.74) is 0.327. The van der Waals surface area contributed by atoms with Gasteiger partial charge >= 0.3 is 5.97 Å². The molecule has 2 amide bonds. The summed E-state index contributed by atoms with van der Waals surface area (Å²) in [5.74, 6) is -0.763. The summed E-state index contributed by atoms with van der Waals surface area (Å²) in [6.45, 7) is 5.75. The number of nitrogens with one attached hydrogen (secondary N) is 2. The van der Waals surface area contributed by atoms with Crippen molar-refractivity contribution in [2.75, 3.05) is 19.8 Å². The Kier molecular flexibility index (Phi) is 9.06. The number of esters is 1. The SMILES string of the molecule is CCCCOc1ccc(C(=O)OCC(=O)NCC(=O)NC(C)C)cc1. The van der Waals surface area contributed by atoms with Gasteiger partial charge in [-0.2, -0.15) is 0 Å². The summed E-state index contributed by atoms with van der Waals surface area (Å²) >= 11 is 0. The van der Waals surface area contributed by atoms with Crippen LogP contribution in [-0.2, 0) is 14.3 Å². The third kappa shape index (κ3) is 8.74. The van der Waals surface area contributed by atoms with Crippen molar-refractivity contribution in [3.63, 3.8) is 0 Å². The first-order chi connectivity index (χ1) is 11.9. The molecular weight excluding hydrogens is 324 g/mol. The molecule has 0 aliphatic heterocycles. The minimum atomic E-state index is -0.609. The second-order valence-electron chi connectivity index (χ2n) is 5.80. The number of amides is 2. The lowest BCUT2D eigenvalue weighted by Crippen LogP contribution is -2.41. The molecule has 0 unspecified atom stereocenters. The Morgan fingerprint density at radius 2 is 1.76 bits per heavy atom. The fourth-order valence-electron chi connectivity index (χ4n) is 1.84. The van der Waals surface area contributed by atoms with Crippen LogP contribution in [0.25, 0.3) is 0 Å². The number of carbonyl (C=O) groups excluding carboxylic acids is 3. The van der Waals surface area contributed by atoms with Gasteiger partial charge in [0.1, 0.15) is 5.75 Å². The normalized spacial score (nSPS) is 10.2. The number of benzene rings is 1. The molecule has 0 aliphatic carbocycles. The third-order valence-corrected chi connectivity index (χ3v) is 3.09. The predicted molar refractivity (Wildman–Crippen MR) is 93.4 cm³/mol. The first-order valence-corrected chi connectivity index (χ1v) is 8.38. The molecule has 25 heavy (non-hydrogen) atoms. The van der Waals surface area contributed by atoms with Gasteiger partial charge in [0.2, 0.25) is 5.91 Å². The van der Waals surface area contributed by atoms with Crippen LogP contribution in [0.1, 0.15) is 44.0 Å². The smallest absolute Gasteiger partial charge is 0.338 e. The highest BCUT2D eigenvalue weighted by molar-refractivity contribution is 5.92. The molecule has 1 aromatic rings. The zero-order valence-electron chi connectivity index (χ0n) is 15.0. The first kappa shape index (κ1) is 20.5. The van der Waals surface area contributed by atoms with Crippen molar-refractivity contribution in [3.05, 3.63) is 29.8 Å². The van der Waals surface area contributed by atoms with Gasteiger partial charge in [-0.15, -0.1) is 0 Å². The van der Waals surface area contributed by atoms with Crippen LogP contribution in [0.3, 0.4) is 0 Å². The van der Waals surface area contributed by atoms with Crippen molar-refractivity contribution in [3.8, 4) is 5.75 Å². The van der Waals surface area contributed by atoms with Crippen LogP contribution in [-0.4, -0.2) is 43.6 Å². The van der Waals surface area contributed by atoms with Gasteiger partial charge in [-0.1, -0.05) is 13.3 Å². The number of ether oxygens (including phenoxy) is 2. The molecule has 138 valence electrons. The summed E-state index contributed by atoms with van der Waals surface area (Å²) in [7, 11) is 0. The van der Waals surface area contributed by atoms with Gasteiger partial charge < -0.3 is 20.1 Å². The summed E-state index contributed by atoms with van der Waals surface area (Å²) < 4.78 is 10.4. The molecule has 2 N–H and O–H groups in total. The van der Waals surface area contributed by atoms with Crippen LogP contribution in [0.15, 0.2) is 24.3 Å². The van der Waals surface area contributed by atoms with E-state index in [1.165, 1.54) is 0 Å². The average molecular weight is 350 g/mol. The lowest BCUT2D eigenvalue weighted by molar-refractivity contribution is -0.128. The maximum Gasteiger partial charge on any atom is 0.338 e. The maximum atomic E-state index is 11.9. The Balaban J connectivity index is 2.33. The van der Waals surface area contributed by atoms with Crippen LogP contribution >= 0.6 is 0 Å². The van der Waals surface area contributed by atoms with Gasteiger partial charge in [-0.3, -0.25) is 9.59 Å². The molecule has 0 saturated carbocycles. The van der Waals surface area contributed by atoms with Gasteiger partial charge in [0.05, 0.1) is 18.7 Å². The van der Waals surface area contributed by atoms with Crippen LogP contribution < -0.4 is 15.4 Å². The molecule has 0 heterocycles. The highest BCUT2D eigenvalue weighted by Gasteiger charge is 2.11. The highest BCUT2D eigenvalue weighted by Crippen LogP contribution is 2.13. The van der Waals surface area contributed by atoms with E-state index >= 15 is 0 Å². The molecule has 0 atom stereocenters. The molecular formula is C18H26N2O5. The van der Waals surface area contributed by atoms with Gasteiger partial charge in [-0.05, 0) is 44.5 Å². The minimum Gasteiger partial charge on any atom is -0.494 e. The van der Waals surface area contributed by atoms with Crippen LogP contribution in [0.4, 0.5) is 0 Å². The molecule has 7 nitrogen and oxygen atoms in total. The van der Waals surface area contributed by atoms with E-state index in [0.717, 1.165) is 12.8 Å². The van der Waals surface area contributed by atoms with Crippen molar-refractivity contribution in [1.82, 2.24) is 10.6 Å². The van der Waals surface area contributed by atoms with E-state index in [1.54, 1.807) is 24.3 Å². The van der Waals surface area contributed by atoms with Crippen molar-refractivity contribution in [1.29, 1.82) is 0 Å². The molecule has 1 rings (SSSR count). The quantitative estimate of drug-likeness (QED) is 0.494. The summed E-state index contributed by atoms with van der Waals surface area (Å²) in [6, 6.07) is 6.52. The van der Waals surface area contributed by atoms with Gasteiger partial charge in [0, 0.05) is 6.04 Å². The molecule has 0 aliphatic rings. The van der Waals surface area contributed by atoms with Crippen LogP contribution in [0.2, 0.25) is 0 Å². The second kappa shape index (κ2) is 11.1. The predicted octanol–water partition coefficient (Wildman–Crippen LogP) is 1.66. The lowest BCUT2D eigenvalue weighted by Gasteiger charge is -2.10. The summed E-state index contributed by atoms with van der Waals surface area (Å²) in [6.07, 6.45) is 2.01. The van der Waals surface area contributed by atoms with E-state index in [1.807, 2.05) is 13.8 Å². The Labute approximate surface area is 148 Å². The fraction of sp³-hybridized carbons (Fsp3) is 0.500. The summed E-state index contributed by atoms with van der Waals surface area (Å²) in [4.78, 5) is 34.9. The Morgan fingerprint density at radius 3 is 2.36 bits per heavy atom. The van der Waals surface area contributed by atoms with E-state index < -0.39 is 18.5 Å². The Bertz CT molecular complexity index is 569. The number of rotatable bonds is 10. The van der Waals surface area contributed by atoms with Crippen molar-refractivity contribution in [2.24, 2.45) is 0 Å². The third-order valence-electron chi connectivity index (χ3n) is 3.09. The largest absolute Gasteiger partial charge is 0.494 e. The molecule has 0 spiro atoms. The summed E-state index contributed by atoms with van der Waals surface area (Å²) in [5, 5.41) is 5.02. The number of hydrogen-bond donors (Lipinski definition) is 2. The number of unbranched alkanes of at least 4 members (excludes halogenated alkanes) is 1. The molecule has 0 bridgehead atoms. The molecule has 7 heteroatoms. The van der Waals surface area contributed by atoms with Crippen LogP contribution in [0.5, 0.6) is 5.75 Å². The Morgan fingerprint density at radius 1 is 1.08 bits per heavy atom. The maximum absolute atomic E-state index is 11.9. The van der Waals surface area contributed by atoms with Gasteiger partial charge in [0.15, 0.2) is 6.61 Å². The van der Waals surface area contributed by atoms with Crippen LogP contribution in [0, 0.1) is 0 Å². The lowest BCUT2D eigenvalue weighted by atomic mass is 10.2. The highest BCUT2D eigenvalue weighted by atomic mass is 16.5. The van der Waals surface area contributed by atoms with E-state index in [0.29, 0.717) is 17.9 Å². The van der Waals surface area contributed by atoms with Crippen molar-refractivity contribution < 1.29 is 23.9 Å². The molecule has 1 aromatic carbocycles. The molecule has 0 saturated heterocycles.